The Morgan fingerprint density at radius 3 is 1.79 bits per heavy atom. The molecule has 0 amide bonds. The van der Waals surface area contributed by atoms with E-state index in [9.17, 15) is 19.2 Å². The molecule has 0 unspecified atom stereocenters. The Morgan fingerprint density at radius 2 is 1.67 bits per heavy atom. The predicted octanol–water partition coefficient (Wildman–Crippen LogP) is 0.188. The molecule has 9 heteroatoms. The van der Waals surface area contributed by atoms with Crippen LogP contribution in [0.1, 0.15) is 40.0 Å². The van der Waals surface area contributed by atoms with Crippen molar-refractivity contribution in [3.63, 3.8) is 0 Å². The lowest BCUT2D eigenvalue weighted by Gasteiger charge is -2.12. The molecule has 0 aromatic rings. The van der Waals surface area contributed by atoms with Gasteiger partial charge in [0.1, 0.15) is 12.1 Å². The van der Waals surface area contributed by atoms with Crippen molar-refractivity contribution in [1.82, 2.24) is 10.6 Å². The second kappa shape index (κ2) is 13.4. The normalized spacial score (nSPS) is 17.0. The summed E-state index contributed by atoms with van der Waals surface area (Å²) in [7, 11) is 1.67. The average molecular weight is 348 g/mol. The van der Waals surface area contributed by atoms with E-state index >= 15 is 0 Å². The standard InChI is InChI=1S/C7H15NO2.C5H9NO2.C3H4O3/c1-5(2)4-6(8-3)7(9)10;7-5(8)4-2-1-3-6-4;1-2(4)3(5)6/h5-6,8H,4H2,1-3H3,(H,9,10);4,6H,1-3H2,(H,7,8);1H3,(H,5,6)/t6-;4-;/m10./s1. The highest BCUT2D eigenvalue weighted by atomic mass is 16.4. The van der Waals surface area contributed by atoms with Crippen molar-refractivity contribution in [3.05, 3.63) is 0 Å². The van der Waals surface area contributed by atoms with Gasteiger partial charge in [-0.2, -0.15) is 0 Å². The molecule has 1 saturated heterocycles. The zero-order chi connectivity index (χ0) is 19.3. The van der Waals surface area contributed by atoms with E-state index in [2.05, 4.69) is 10.6 Å². The molecular formula is C15H28N2O7. The quantitative estimate of drug-likeness (QED) is 0.423. The monoisotopic (exact) mass is 348 g/mol. The van der Waals surface area contributed by atoms with Crippen LogP contribution in [0.3, 0.4) is 0 Å². The van der Waals surface area contributed by atoms with Gasteiger partial charge in [0, 0.05) is 6.92 Å². The maximum absolute atomic E-state index is 10.4. The molecular weight excluding hydrogens is 320 g/mol. The third-order valence-corrected chi connectivity index (χ3v) is 3.01. The maximum Gasteiger partial charge on any atom is 0.371 e. The summed E-state index contributed by atoms with van der Waals surface area (Å²) in [5.74, 6) is -3.27. The van der Waals surface area contributed by atoms with Crippen molar-refractivity contribution in [2.45, 2.75) is 52.1 Å². The number of aliphatic carboxylic acids is 3. The molecule has 1 aliphatic rings. The van der Waals surface area contributed by atoms with Crippen LogP contribution in [0.4, 0.5) is 0 Å². The molecule has 0 aromatic carbocycles. The fourth-order valence-corrected chi connectivity index (χ4v) is 1.71. The van der Waals surface area contributed by atoms with Gasteiger partial charge in [-0.3, -0.25) is 14.4 Å². The third kappa shape index (κ3) is 13.6. The molecule has 0 saturated carbocycles. The lowest BCUT2D eigenvalue weighted by Crippen LogP contribution is -2.34. The van der Waals surface area contributed by atoms with Gasteiger partial charge in [-0.15, -0.1) is 0 Å². The van der Waals surface area contributed by atoms with Crippen molar-refractivity contribution in [2.24, 2.45) is 5.92 Å². The second-order valence-corrected chi connectivity index (χ2v) is 5.66. The molecule has 0 spiro atoms. The number of carboxylic acids is 3. The van der Waals surface area contributed by atoms with Crippen LogP contribution in [0, 0.1) is 5.92 Å². The number of rotatable bonds is 6. The van der Waals surface area contributed by atoms with Gasteiger partial charge in [-0.1, -0.05) is 13.8 Å². The van der Waals surface area contributed by atoms with Crippen molar-refractivity contribution in [2.75, 3.05) is 13.6 Å². The first kappa shape index (κ1) is 24.3. The molecule has 5 N–H and O–H groups in total. The van der Waals surface area contributed by atoms with Crippen LogP contribution in [0.25, 0.3) is 0 Å². The lowest BCUT2D eigenvalue weighted by molar-refractivity contribution is -0.148. The largest absolute Gasteiger partial charge is 0.480 e. The summed E-state index contributed by atoms with van der Waals surface area (Å²) in [6, 6.07) is -0.657. The molecule has 2 atom stereocenters. The van der Waals surface area contributed by atoms with Crippen LogP contribution < -0.4 is 10.6 Å². The van der Waals surface area contributed by atoms with Crippen molar-refractivity contribution in [3.8, 4) is 0 Å². The summed E-state index contributed by atoms with van der Waals surface area (Å²) in [6.45, 7) is 5.87. The lowest BCUT2D eigenvalue weighted by atomic mass is 10.0. The van der Waals surface area contributed by atoms with E-state index in [0.717, 1.165) is 26.3 Å². The van der Waals surface area contributed by atoms with Gasteiger partial charge in [-0.05, 0) is 38.8 Å². The highest BCUT2D eigenvalue weighted by Crippen LogP contribution is 2.04. The number of likely N-dealkylation sites (N-methyl/N-ethyl adjacent to an activating group) is 1. The van der Waals surface area contributed by atoms with Crippen LogP contribution in [-0.4, -0.2) is 64.7 Å². The number of hydrogen-bond acceptors (Lipinski definition) is 6. The van der Waals surface area contributed by atoms with Crippen LogP contribution in [0.2, 0.25) is 0 Å². The first-order valence-electron chi connectivity index (χ1n) is 7.63. The summed E-state index contributed by atoms with van der Waals surface area (Å²) >= 11 is 0. The molecule has 1 aliphatic heterocycles. The SMILES string of the molecule is CC(=O)C(=O)O.CN[C@H](CC(C)C)C(=O)O.O=C(O)[C@@H]1CCCN1. The molecule has 0 aromatic heterocycles. The summed E-state index contributed by atoms with van der Waals surface area (Å²) in [5, 5.41) is 30.1. The Kier molecular flexibility index (Phi) is 13.6. The van der Waals surface area contributed by atoms with Crippen molar-refractivity contribution < 1.29 is 34.5 Å². The first-order chi connectivity index (χ1) is 11.0. The molecule has 24 heavy (non-hydrogen) atoms. The van der Waals surface area contributed by atoms with Crippen LogP contribution in [0.15, 0.2) is 0 Å². The summed E-state index contributed by atoms with van der Waals surface area (Å²) < 4.78 is 0. The van der Waals surface area contributed by atoms with Crippen molar-refractivity contribution in [1.29, 1.82) is 0 Å². The molecule has 0 bridgehead atoms. The topological polar surface area (TPSA) is 153 Å². The number of hydrogen-bond donors (Lipinski definition) is 5. The molecule has 140 valence electrons. The van der Waals surface area contributed by atoms with Gasteiger partial charge >= 0.3 is 17.9 Å². The van der Waals surface area contributed by atoms with Gasteiger partial charge in [0.25, 0.3) is 0 Å². The minimum absolute atomic E-state index is 0.269. The number of carbonyl (C=O) groups excluding carboxylic acids is 1. The van der Waals surface area contributed by atoms with Crippen LogP contribution in [-0.2, 0) is 19.2 Å². The molecule has 1 heterocycles. The first-order valence-corrected chi connectivity index (χ1v) is 7.63. The number of carbonyl (C=O) groups is 4. The molecule has 1 fully saturated rings. The zero-order valence-electron chi connectivity index (χ0n) is 14.5. The highest BCUT2D eigenvalue weighted by molar-refractivity contribution is 6.31. The Labute approximate surface area is 141 Å². The van der Waals surface area contributed by atoms with Crippen LogP contribution >= 0.6 is 0 Å². The van der Waals surface area contributed by atoms with Gasteiger partial charge in [0.15, 0.2) is 0 Å². The summed E-state index contributed by atoms with van der Waals surface area (Å²) in [4.78, 5) is 39.4. The van der Waals surface area contributed by atoms with Crippen molar-refractivity contribution >= 4 is 23.7 Å². The second-order valence-electron chi connectivity index (χ2n) is 5.66. The zero-order valence-corrected chi connectivity index (χ0v) is 14.5. The smallest absolute Gasteiger partial charge is 0.371 e. The Morgan fingerprint density at radius 1 is 1.17 bits per heavy atom. The molecule has 1 rings (SSSR count). The predicted molar refractivity (Wildman–Crippen MR) is 86.9 cm³/mol. The van der Waals surface area contributed by atoms with E-state index in [-0.39, 0.29) is 12.1 Å². The molecule has 0 aliphatic carbocycles. The van der Waals surface area contributed by atoms with Gasteiger partial charge in [0.05, 0.1) is 0 Å². The highest BCUT2D eigenvalue weighted by Gasteiger charge is 2.20. The molecule has 0 radical (unpaired) electrons. The average Bonchev–Trinajstić information content (AvgIpc) is 2.99. The fourth-order valence-electron chi connectivity index (χ4n) is 1.71. The minimum Gasteiger partial charge on any atom is -0.480 e. The Bertz CT molecular complexity index is 406. The van der Waals surface area contributed by atoms with E-state index in [1.54, 1.807) is 7.05 Å². The summed E-state index contributed by atoms with van der Waals surface area (Å²) in [6.07, 6.45) is 2.47. The van der Waals surface area contributed by atoms with E-state index < -0.39 is 23.7 Å². The van der Waals surface area contributed by atoms with Gasteiger partial charge < -0.3 is 26.0 Å². The summed E-state index contributed by atoms with van der Waals surface area (Å²) in [5.41, 5.74) is 0. The van der Waals surface area contributed by atoms with E-state index in [0.29, 0.717) is 12.3 Å². The van der Waals surface area contributed by atoms with Gasteiger partial charge in [-0.25, -0.2) is 4.79 Å². The number of carboxylic acid groups (broad SMARTS) is 3. The Balaban J connectivity index is 0. The van der Waals surface area contributed by atoms with Crippen LogP contribution in [0.5, 0.6) is 0 Å². The Hall–Kier alpha value is -2.00. The minimum atomic E-state index is -1.38. The number of nitrogens with one attached hydrogen (secondary N) is 2. The number of Topliss-reactive ketones (excluding diaryl/α,β-unsaturated/α-hetero) is 1. The fraction of sp³-hybridized carbons (Fsp3) is 0.733. The molecule has 9 nitrogen and oxygen atoms in total. The van der Waals surface area contributed by atoms with E-state index in [1.165, 1.54) is 0 Å². The maximum atomic E-state index is 10.4. The van der Waals surface area contributed by atoms with E-state index in [1.807, 2.05) is 13.8 Å². The third-order valence-electron chi connectivity index (χ3n) is 3.01. The number of ketones is 1. The van der Waals surface area contributed by atoms with E-state index in [4.69, 9.17) is 15.3 Å². The van der Waals surface area contributed by atoms with Gasteiger partial charge in [0.2, 0.25) is 5.78 Å².